The number of nitrogens with two attached hydrogens (primary N) is 1. The summed E-state index contributed by atoms with van der Waals surface area (Å²) in [6.45, 7) is 10.9. The molecular weight excluding hydrogens is 430 g/mol. The number of carbonyl (C=O) groups is 3. The van der Waals surface area contributed by atoms with E-state index in [2.05, 4.69) is 10.6 Å². The summed E-state index contributed by atoms with van der Waals surface area (Å²) < 4.78 is 0. The zero-order valence-electron chi connectivity index (χ0n) is 21.6. The molecule has 190 valence electrons. The first-order chi connectivity index (χ1) is 16.0. The van der Waals surface area contributed by atoms with Crippen molar-refractivity contribution in [2.75, 3.05) is 26.7 Å². The molecule has 8 nitrogen and oxygen atoms in total. The predicted octanol–water partition coefficient (Wildman–Crippen LogP) is 1.53. The van der Waals surface area contributed by atoms with E-state index in [1.54, 1.807) is 25.8 Å². The number of benzene rings is 1. The first-order valence-electron chi connectivity index (χ1n) is 12.3. The van der Waals surface area contributed by atoms with Crippen LogP contribution in [-0.2, 0) is 20.8 Å². The van der Waals surface area contributed by atoms with Crippen molar-refractivity contribution in [1.29, 1.82) is 0 Å². The van der Waals surface area contributed by atoms with Crippen LogP contribution < -0.4 is 16.4 Å². The molecule has 4 atom stereocenters. The topological polar surface area (TPSA) is 108 Å². The van der Waals surface area contributed by atoms with Crippen molar-refractivity contribution in [3.05, 3.63) is 35.9 Å². The van der Waals surface area contributed by atoms with Gasteiger partial charge in [-0.1, -0.05) is 51.1 Å². The van der Waals surface area contributed by atoms with E-state index in [1.807, 2.05) is 56.0 Å². The number of hydrogen-bond acceptors (Lipinski definition) is 5. The highest BCUT2D eigenvalue weighted by molar-refractivity contribution is 5.90. The van der Waals surface area contributed by atoms with E-state index < -0.39 is 23.5 Å². The fourth-order valence-corrected chi connectivity index (χ4v) is 4.27. The van der Waals surface area contributed by atoms with Crippen LogP contribution in [0.3, 0.4) is 0 Å². The van der Waals surface area contributed by atoms with E-state index in [4.69, 9.17) is 5.73 Å². The lowest BCUT2D eigenvalue weighted by Crippen LogP contribution is -2.59. The van der Waals surface area contributed by atoms with Crippen LogP contribution in [0.2, 0.25) is 0 Å². The van der Waals surface area contributed by atoms with Gasteiger partial charge in [0.15, 0.2) is 0 Å². The van der Waals surface area contributed by atoms with Gasteiger partial charge >= 0.3 is 0 Å². The van der Waals surface area contributed by atoms with Crippen molar-refractivity contribution in [1.82, 2.24) is 20.4 Å². The second-order valence-corrected chi connectivity index (χ2v) is 10.5. The average Bonchev–Trinajstić information content (AvgIpc) is 3.26. The normalized spacial score (nSPS) is 18.8. The van der Waals surface area contributed by atoms with Crippen molar-refractivity contribution in [3.8, 4) is 0 Å². The van der Waals surface area contributed by atoms with Crippen LogP contribution in [0.15, 0.2) is 30.3 Å². The highest BCUT2D eigenvalue weighted by atomic mass is 16.2. The minimum atomic E-state index is -0.654. The molecule has 0 radical (unpaired) electrons. The van der Waals surface area contributed by atoms with E-state index >= 15 is 0 Å². The van der Waals surface area contributed by atoms with E-state index in [1.165, 1.54) is 0 Å². The molecule has 1 heterocycles. The fraction of sp³-hybridized carbons (Fsp3) is 0.654. The van der Waals surface area contributed by atoms with Crippen LogP contribution in [-0.4, -0.2) is 78.4 Å². The number of carbonyl (C=O) groups excluding carboxylic acids is 3. The molecule has 0 aliphatic carbocycles. The minimum absolute atomic E-state index is 0.0945. The quantitative estimate of drug-likeness (QED) is 0.478. The predicted molar refractivity (Wildman–Crippen MR) is 135 cm³/mol. The Morgan fingerprint density at radius 1 is 1.18 bits per heavy atom. The minimum Gasteiger partial charge on any atom is -0.342 e. The third-order valence-electron chi connectivity index (χ3n) is 6.53. The summed E-state index contributed by atoms with van der Waals surface area (Å²) >= 11 is 0. The smallest absolute Gasteiger partial charge is 0.246 e. The van der Waals surface area contributed by atoms with E-state index in [-0.39, 0.29) is 23.8 Å². The molecule has 0 bridgehead atoms. The van der Waals surface area contributed by atoms with E-state index in [0.29, 0.717) is 19.6 Å². The third-order valence-corrected chi connectivity index (χ3v) is 6.53. The summed E-state index contributed by atoms with van der Waals surface area (Å²) in [5, 5.41) is 5.88. The molecule has 1 aliphatic heterocycles. The second-order valence-electron chi connectivity index (χ2n) is 10.5. The summed E-state index contributed by atoms with van der Waals surface area (Å²) in [5.74, 6) is -0.412. The molecule has 4 N–H and O–H groups in total. The Morgan fingerprint density at radius 3 is 2.38 bits per heavy atom. The maximum absolute atomic E-state index is 13.7. The van der Waals surface area contributed by atoms with E-state index in [0.717, 1.165) is 24.8 Å². The molecule has 0 spiro atoms. The molecule has 0 aromatic heterocycles. The van der Waals surface area contributed by atoms with Crippen LogP contribution in [0, 0.1) is 5.41 Å². The lowest BCUT2D eigenvalue weighted by atomic mass is 9.85. The molecule has 0 unspecified atom stereocenters. The van der Waals surface area contributed by atoms with Gasteiger partial charge in [0.25, 0.3) is 0 Å². The third kappa shape index (κ3) is 7.53. The molecule has 1 aliphatic rings. The van der Waals surface area contributed by atoms with Crippen LogP contribution >= 0.6 is 0 Å². The Hall–Kier alpha value is -2.45. The number of nitrogens with zero attached hydrogens (tertiary/aromatic N) is 2. The Morgan fingerprint density at radius 2 is 1.82 bits per heavy atom. The van der Waals surface area contributed by atoms with Crippen molar-refractivity contribution < 1.29 is 14.4 Å². The van der Waals surface area contributed by atoms with Gasteiger partial charge in [-0.25, -0.2) is 0 Å². The first kappa shape index (κ1) is 27.8. The molecule has 0 saturated carbocycles. The Labute approximate surface area is 204 Å². The largest absolute Gasteiger partial charge is 0.342 e. The molecule has 1 aromatic carbocycles. The lowest BCUT2D eigenvalue weighted by Gasteiger charge is -2.38. The zero-order chi connectivity index (χ0) is 25.5. The van der Waals surface area contributed by atoms with Gasteiger partial charge in [-0.05, 0) is 51.1 Å². The van der Waals surface area contributed by atoms with Gasteiger partial charge in [-0.2, -0.15) is 0 Å². The van der Waals surface area contributed by atoms with Crippen LogP contribution in [0.4, 0.5) is 0 Å². The van der Waals surface area contributed by atoms with Gasteiger partial charge in [-0.3, -0.25) is 14.4 Å². The van der Waals surface area contributed by atoms with Crippen LogP contribution in [0.1, 0.15) is 53.0 Å². The molecule has 1 aromatic rings. The van der Waals surface area contributed by atoms with Crippen molar-refractivity contribution in [2.45, 2.75) is 78.0 Å². The molecule has 34 heavy (non-hydrogen) atoms. The molecular formula is C26H43N5O3. The van der Waals surface area contributed by atoms with Gasteiger partial charge in [0.2, 0.25) is 17.7 Å². The average molecular weight is 474 g/mol. The molecule has 2 rings (SSSR count). The summed E-state index contributed by atoms with van der Waals surface area (Å²) in [5.41, 5.74) is 6.65. The first-order valence-corrected chi connectivity index (χ1v) is 12.3. The monoisotopic (exact) mass is 473 g/mol. The van der Waals surface area contributed by atoms with Gasteiger partial charge < -0.3 is 26.2 Å². The number of rotatable bonds is 10. The molecule has 1 fully saturated rings. The summed E-state index contributed by atoms with van der Waals surface area (Å²) in [4.78, 5) is 42.8. The SMILES string of the molecule is CN[C@@H](C)C(=O)N[C@H](C(=O)N1CCC[C@H]1CN(CCc1ccccc1)C(=O)[C@@H](C)N)C(C)(C)C. The summed E-state index contributed by atoms with van der Waals surface area (Å²) in [7, 11) is 1.72. The molecule has 1 saturated heterocycles. The number of amides is 3. The van der Waals surface area contributed by atoms with Gasteiger partial charge in [0.1, 0.15) is 6.04 Å². The van der Waals surface area contributed by atoms with Crippen LogP contribution in [0.5, 0.6) is 0 Å². The Bertz CT molecular complexity index is 821. The summed E-state index contributed by atoms with van der Waals surface area (Å²) in [6, 6.07) is 8.27. The van der Waals surface area contributed by atoms with Crippen molar-refractivity contribution in [2.24, 2.45) is 11.1 Å². The van der Waals surface area contributed by atoms with Crippen molar-refractivity contribution >= 4 is 17.7 Å². The highest BCUT2D eigenvalue weighted by Crippen LogP contribution is 2.26. The van der Waals surface area contributed by atoms with Crippen LogP contribution in [0.25, 0.3) is 0 Å². The number of likely N-dealkylation sites (N-methyl/N-ethyl adjacent to an activating group) is 1. The molecule has 3 amide bonds. The number of nitrogens with one attached hydrogen (secondary N) is 2. The maximum Gasteiger partial charge on any atom is 0.246 e. The second kappa shape index (κ2) is 12.3. The lowest BCUT2D eigenvalue weighted by molar-refractivity contribution is -0.142. The van der Waals surface area contributed by atoms with Gasteiger partial charge in [-0.15, -0.1) is 0 Å². The highest BCUT2D eigenvalue weighted by Gasteiger charge is 2.40. The summed E-state index contributed by atoms with van der Waals surface area (Å²) in [6.07, 6.45) is 2.41. The molecule has 8 heteroatoms. The zero-order valence-corrected chi connectivity index (χ0v) is 21.6. The van der Waals surface area contributed by atoms with Crippen molar-refractivity contribution in [3.63, 3.8) is 0 Å². The number of hydrogen-bond donors (Lipinski definition) is 3. The Balaban J connectivity index is 2.17. The van der Waals surface area contributed by atoms with Gasteiger partial charge in [0, 0.05) is 25.7 Å². The maximum atomic E-state index is 13.7. The van der Waals surface area contributed by atoms with E-state index in [9.17, 15) is 14.4 Å². The standard InChI is InChI=1S/C26H43N5O3/c1-18(27)24(33)30(16-14-20-11-8-7-9-12-20)17-21-13-10-15-31(21)25(34)22(26(3,4)5)29-23(32)19(2)28-6/h7-9,11-12,18-19,21-22,28H,10,13-17,27H2,1-6H3,(H,29,32)/t18-,19+,21+,22-/m1/s1. The number of likely N-dealkylation sites (tertiary alicyclic amines) is 1. The fourth-order valence-electron chi connectivity index (χ4n) is 4.27. The van der Waals surface area contributed by atoms with Gasteiger partial charge in [0.05, 0.1) is 12.1 Å². The Kier molecular flexibility index (Phi) is 10.1.